The number of benzene rings is 2. The fourth-order valence-electron chi connectivity index (χ4n) is 5.98. The molecule has 0 bridgehead atoms. The number of halogens is 7. The van der Waals surface area contributed by atoms with E-state index >= 15 is 0 Å². The molecule has 2 aromatic carbocycles. The molecule has 336 valence electrons. The van der Waals surface area contributed by atoms with Crippen LogP contribution in [0.3, 0.4) is 0 Å². The summed E-state index contributed by atoms with van der Waals surface area (Å²) >= 11 is 5.63. The van der Waals surface area contributed by atoms with E-state index in [-0.39, 0.29) is 63.6 Å². The summed E-state index contributed by atoms with van der Waals surface area (Å²) in [6.45, 7) is 0. The van der Waals surface area contributed by atoms with E-state index in [1.165, 1.54) is 38.9 Å². The van der Waals surface area contributed by atoms with Gasteiger partial charge in [-0.2, -0.15) is 26.3 Å². The van der Waals surface area contributed by atoms with E-state index in [1.54, 1.807) is 24.3 Å². The van der Waals surface area contributed by atoms with Gasteiger partial charge in [-0.05, 0) is 47.5 Å². The third-order valence-electron chi connectivity index (χ3n) is 8.93. The molecule has 4 amide bonds. The molecule has 2 aliphatic heterocycles. The molecule has 18 nitrogen and oxygen atoms in total. The summed E-state index contributed by atoms with van der Waals surface area (Å²) in [6, 6.07) is 12.7. The van der Waals surface area contributed by atoms with Crippen molar-refractivity contribution in [1.29, 1.82) is 0 Å². The first-order valence-corrected chi connectivity index (χ1v) is 19.0. The number of hydrogen-bond acceptors (Lipinski definition) is 14. The quantitative estimate of drug-likeness (QED) is 0.0453. The van der Waals surface area contributed by atoms with E-state index in [0.717, 1.165) is 28.9 Å². The number of nitrogen functional groups attached to an aromatic ring is 1. The normalized spacial score (nSPS) is 12.4. The van der Waals surface area contributed by atoms with E-state index in [4.69, 9.17) is 17.3 Å². The van der Waals surface area contributed by atoms with Crippen molar-refractivity contribution in [3.05, 3.63) is 125 Å². The lowest BCUT2D eigenvalue weighted by molar-refractivity contribution is -0.138. The van der Waals surface area contributed by atoms with Gasteiger partial charge < -0.3 is 43.0 Å². The number of rotatable bonds is 8. The SMILES string of the molecule is CNC(=O)c1nccnc1Nc1cc(Cl)ncc1C(F)(F)F.CNC(=O)c1nccnc1Nc1cc(Nc2ccc3c(c2)NC(=O)C3)ncc1C(F)(F)F.Nc1ccc2c(c1)CC(=O)N2. The summed E-state index contributed by atoms with van der Waals surface area (Å²) in [7, 11) is 2.74. The Balaban J connectivity index is 0.000000182. The highest BCUT2D eigenvalue weighted by atomic mass is 35.5. The van der Waals surface area contributed by atoms with Crippen molar-refractivity contribution in [2.45, 2.75) is 25.2 Å². The van der Waals surface area contributed by atoms with Crippen molar-refractivity contribution in [1.82, 2.24) is 40.5 Å². The van der Waals surface area contributed by atoms with Gasteiger partial charge in [0.2, 0.25) is 11.8 Å². The van der Waals surface area contributed by atoms with Crippen LogP contribution in [-0.4, -0.2) is 67.6 Å². The van der Waals surface area contributed by atoms with E-state index in [2.05, 4.69) is 67.1 Å². The van der Waals surface area contributed by atoms with Crippen molar-refractivity contribution in [3.8, 4) is 0 Å². The van der Waals surface area contributed by atoms with Crippen LogP contribution in [0, 0.1) is 0 Å². The second kappa shape index (κ2) is 19.5. The lowest BCUT2D eigenvalue weighted by Crippen LogP contribution is -2.21. The number of nitrogens with zero attached hydrogens (tertiary/aromatic N) is 6. The van der Waals surface area contributed by atoms with Crippen LogP contribution in [0.15, 0.2) is 85.7 Å². The topological polar surface area (TPSA) is 256 Å². The Morgan fingerprint density at radius 1 is 0.631 bits per heavy atom. The Hall–Kier alpha value is -8.15. The fraction of sp³-hybridized carbons (Fsp3) is 0.150. The predicted molar refractivity (Wildman–Crippen MR) is 226 cm³/mol. The van der Waals surface area contributed by atoms with Crippen LogP contribution in [0.1, 0.15) is 43.2 Å². The highest BCUT2D eigenvalue weighted by Gasteiger charge is 2.36. The van der Waals surface area contributed by atoms with Crippen molar-refractivity contribution in [2.24, 2.45) is 0 Å². The van der Waals surface area contributed by atoms with Gasteiger partial charge in [0.15, 0.2) is 23.0 Å². The molecule has 25 heteroatoms. The second-order valence-electron chi connectivity index (χ2n) is 13.4. The van der Waals surface area contributed by atoms with Gasteiger partial charge in [0.1, 0.15) is 11.0 Å². The van der Waals surface area contributed by atoms with Gasteiger partial charge in [-0.15, -0.1) is 0 Å². The number of alkyl halides is 6. The van der Waals surface area contributed by atoms with E-state index in [0.29, 0.717) is 35.9 Å². The fourth-order valence-corrected chi connectivity index (χ4v) is 6.14. The maximum absolute atomic E-state index is 13.6. The molecule has 6 heterocycles. The lowest BCUT2D eigenvalue weighted by atomic mass is 10.1. The molecule has 4 aromatic heterocycles. The van der Waals surface area contributed by atoms with Crippen LogP contribution in [0.2, 0.25) is 5.15 Å². The van der Waals surface area contributed by atoms with Crippen LogP contribution in [-0.2, 0) is 34.8 Å². The van der Waals surface area contributed by atoms with Crippen LogP contribution < -0.4 is 43.0 Å². The summed E-state index contributed by atoms with van der Waals surface area (Å²) in [5.74, 6) is -1.46. The minimum absolute atomic E-state index is 0.0469. The Morgan fingerprint density at radius 2 is 1.15 bits per heavy atom. The number of amides is 4. The van der Waals surface area contributed by atoms with Crippen LogP contribution in [0.25, 0.3) is 0 Å². The Labute approximate surface area is 368 Å². The number of nitrogens with two attached hydrogens (primary N) is 1. The summed E-state index contributed by atoms with van der Waals surface area (Å²) < 4.78 is 79.6. The summed E-state index contributed by atoms with van der Waals surface area (Å²) in [4.78, 5) is 68.7. The third-order valence-corrected chi connectivity index (χ3v) is 9.14. The smallest absolute Gasteiger partial charge is 0.399 e. The lowest BCUT2D eigenvalue weighted by Gasteiger charge is -2.16. The number of fused-ring (bicyclic) bond motifs is 2. The number of anilines is 9. The zero-order chi connectivity index (χ0) is 47.1. The molecule has 65 heavy (non-hydrogen) atoms. The van der Waals surface area contributed by atoms with E-state index in [1.807, 2.05) is 12.1 Å². The average Bonchev–Trinajstić information content (AvgIpc) is 3.82. The third kappa shape index (κ3) is 11.7. The van der Waals surface area contributed by atoms with E-state index < -0.39 is 35.3 Å². The first-order valence-electron chi connectivity index (χ1n) is 18.6. The number of hydrogen-bond donors (Lipinski definition) is 8. The molecule has 2 aliphatic rings. The number of pyridine rings is 2. The zero-order valence-electron chi connectivity index (χ0n) is 33.5. The molecule has 8 rings (SSSR count). The molecular formula is C40H33ClF6N14O4. The van der Waals surface area contributed by atoms with Crippen molar-refractivity contribution in [3.63, 3.8) is 0 Å². The Bertz CT molecular complexity index is 2790. The highest BCUT2D eigenvalue weighted by Crippen LogP contribution is 2.39. The molecule has 0 unspecified atom stereocenters. The Morgan fingerprint density at radius 3 is 1.72 bits per heavy atom. The zero-order valence-corrected chi connectivity index (χ0v) is 34.3. The summed E-state index contributed by atoms with van der Waals surface area (Å²) in [5, 5.41) is 17.9. The number of carbonyl (C=O) groups is 4. The van der Waals surface area contributed by atoms with Crippen molar-refractivity contribution < 1.29 is 45.5 Å². The highest BCUT2D eigenvalue weighted by molar-refractivity contribution is 6.29. The molecule has 0 radical (unpaired) electrons. The largest absolute Gasteiger partial charge is 0.419 e. The monoisotopic (exact) mass is 922 g/mol. The van der Waals surface area contributed by atoms with Gasteiger partial charge in [0, 0.05) is 80.1 Å². The van der Waals surface area contributed by atoms with Crippen LogP contribution in [0.5, 0.6) is 0 Å². The molecule has 0 aliphatic carbocycles. The molecule has 0 saturated carbocycles. The first-order chi connectivity index (χ1) is 30.8. The molecule has 0 fully saturated rings. The molecule has 0 atom stereocenters. The minimum atomic E-state index is -4.71. The van der Waals surface area contributed by atoms with Gasteiger partial charge >= 0.3 is 12.4 Å². The van der Waals surface area contributed by atoms with Gasteiger partial charge in [0.05, 0.1) is 35.3 Å². The van der Waals surface area contributed by atoms with E-state index in [9.17, 15) is 45.5 Å². The van der Waals surface area contributed by atoms with Gasteiger partial charge in [-0.3, -0.25) is 19.2 Å². The van der Waals surface area contributed by atoms with Gasteiger partial charge in [-0.1, -0.05) is 17.7 Å². The maximum atomic E-state index is 13.6. The first kappa shape index (κ1) is 46.4. The molecule has 0 spiro atoms. The molecule has 9 N–H and O–H groups in total. The molecular weight excluding hydrogens is 890 g/mol. The van der Waals surface area contributed by atoms with Gasteiger partial charge in [-0.25, -0.2) is 29.9 Å². The van der Waals surface area contributed by atoms with Crippen molar-refractivity contribution in [2.75, 3.05) is 46.4 Å². The number of aromatic nitrogens is 6. The summed E-state index contributed by atoms with van der Waals surface area (Å²) in [5.41, 5.74) is 6.98. The molecule has 6 aromatic rings. The predicted octanol–water partition coefficient (Wildman–Crippen LogP) is 6.64. The van der Waals surface area contributed by atoms with Crippen LogP contribution >= 0.6 is 11.6 Å². The molecule has 0 saturated heterocycles. The van der Waals surface area contributed by atoms with Crippen LogP contribution in [0.4, 0.5) is 77.9 Å². The average molecular weight is 923 g/mol. The van der Waals surface area contributed by atoms with Gasteiger partial charge in [0.25, 0.3) is 11.8 Å². The summed E-state index contributed by atoms with van der Waals surface area (Å²) in [6.07, 6.45) is -2.35. The van der Waals surface area contributed by atoms with Crippen molar-refractivity contribution >= 4 is 86.8 Å². The minimum Gasteiger partial charge on any atom is -0.399 e. The number of nitrogens with one attached hydrogen (secondary N) is 7. The maximum Gasteiger partial charge on any atom is 0.419 e. The standard InChI is InChI=1S/C20H16F3N7O2.C12H9ClF3N5O.C8H8N2O/c1-24-19(32)17-18(26-5-4-25-17)30-14-8-15(27-9-12(14)20(21,22)23)28-11-3-2-10-6-16(31)29-13(10)7-11;1-17-11(22)9-10(19-3-2-18-9)21-7-4-8(13)20-5-6(7)12(14,15)16;9-6-1-2-7-5(3-6)4-8(11)10-7/h2-5,7-9H,6H2,1H3,(H,24,32)(H,29,31)(H2,26,27,28,30);2-5H,1H3,(H,17,22)(H,19,20,21);1-3H,4,9H2,(H,10,11). The Kier molecular flexibility index (Phi) is 13.9. The number of carbonyl (C=O) groups excluding carboxylic acids is 4. The second-order valence-corrected chi connectivity index (χ2v) is 13.8.